The lowest BCUT2D eigenvalue weighted by Crippen LogP contribution is -2.09. The molecular weight excluding hydrogens is 328 g/mol. The van der Waals surface area contributed by atoms with Gasteiger partial charge < -0.3 is 9.72 Å². The molecule has 4 rings (SSSR count). The summed E-state index contributed by atoms with van der Waals surface area (Å²) in [5.41, 5.74) is 5.15. The third-order valence-corrected chi connectivity index (χ3v) is 4.92. The second kappa shape index (κ2) is 6.41. The van der Waals surface area contributed by atoms with Crippen LogP contribution in [0.5, 0.6) is 0 Å². The number of hydrogen-bond acceptors (Lipinski definition) is 4. The molecule has 0 saturated carbocycles. The SMILES string of the molecule is CCOC(=O)c1ncc2[nH]c3ccc(C4=CC(=O)CCC4)cc3c2c1C. The predicted molar refractivity (Wildman–Crippen MR) is 101 cm³/mol. The first-order valence-corrected chi connectivity index (χ1v) is 8.90. The Morgan fingerprint density at radius 2 is 2.12 bits per heavy atom. The summed E-state index contributed by atoms with van der Waals surface area (Å²) in [6.07, 6.45) is 5.88. The quantitative estimate of drug-likeness (QED) is 0.715. The highest BCUT2D eigenvalue weighted by molar-refractivity contribution is 6.12. The number of benzene rings is 1. The molecule has 0 aliphatic heterocycles. The summed E-state index contributed by atoms with van der Waals surface area (Å²) in [6, 6.07) is 6.16. The number of carbonyl (C=O) groups is 2. The molecule has 3 aromatic rings. The number of fused-ring (bicyclic) bond motifs is 3. The van der Waals surface area contributed by atoms with Crippen molar-refractivity contribution >= 4 is 39.1 Å². The highest BCUT2D eigenvalue weighted by Crippen LogP contribution is 2.33. The molecule has 1 aliphatic rings. The summed E-state index contributed by atoms with van der Waals surface area (Å²) in [6.45, 7) is 3.99. The van der Waals surface area contributed by atoms with E-state index >= 15 is 0 Å². The number of ketones is 1. The van der Waals surface area contributed by atoms with Crippen molar-refractivity contribution in [2.75, 3.05) is 6.61 Å². The molecule has 0 atom stereocenters. The van der Waals surface area contributed by atoms with E-state index in [2.05, 4.69) is 16.0 Å². The number of carbonyl (C=O) groups excluding carboxylic acids is 2. The Morgan fingerprint density at radius 3 is 2.88 bits per heavy atom. The van der Waals surface area contributed by atoms with E-state index in [0.29, 0.717) is 18.7 Å². The Hall–Kier alpha value is -2.95. The van der Waals surface area contributed by atoms with E-state index in [4.69, 9.17) is 4.74 Å². The summed E-state index contributed by atoms with van der Waals surface area (Å²) in [7, 11) is 0. The molecule has 2 aromatic heterocycles. The van der Waals surface area contributed by atoms with E-state index in [-0.39, 0.29) is 5.78 Å². The molecule has 0 spiro atoms. The molecule has 1 aromatic carbocycles. The van der Waals surface area contributed by atoms with Crippen LogP contribution in [0.1, 0.15) is 47.8 Å². The zero-order valence-corrected chi connectivity index (χ0v) is 14.9. The fourth-order valence-corrected chi connectivity index (χ4v) is 3.68. The van der Waals surface area contributed by atoms with E-state index in [1.165, 1.54) is 0 Å². The molecule has 26 heavy (non-hydrogen) atoms. The molecule has 5 heteroatoms. The minimum atomic E-state index is -0.405. The van der Waals surface area contributed by atoms with Gasteiger partial charge in [-0.3, -0.25) is 4.79 Å². The average molecular weight is 348 g/mol. The first-order valence-electron chi connectivity index (χ1n) is 8.90. The molecule has 0 fully saturated rings. The van der Waals surface area contributed by atoms with Gasteiger partial charge in [0.15, 0.2) is 11.5 Å². The van der Waals surface area contributed by atoms with Crippen LogP contribution in [0.15, 0.2) is 30.5 Å². The number of ether oxygens (including phenoxy) is 1. The van der Waals surface area contributed by atoms with Crippen LogP contribution in [-0.2, 0) is 9.53 Å². The smallest absolute Gasteiger partial charge is 0.357 e. The van der Waals surface area contributed by atoms with E-state index in [1.54, 1.807) is 19.2 Å². The summed E-state index contributed by atoms with van der Waals surface area (Å²) in [4.78, 5) is 31.6. The third-order valence-electron chi connectivity index (χ3n) is 4.92. The highest BCUT2D eigenvalue weighted by Gasteiger charge is 2.18. The zero-order valence-electron chi connectivity index (χ0n) is 14.9. The van der Waals surface area contributed by atoms with Gasteiger partial charge in [-0.25, -0.2) is 9.78 Å². The average Bonchev–Trinajstić information content (AvgIpc) is 3.00. The Bertz CT molecular complexity index is 1080. The van der Waals surface area contributed by atoms with Crippen molar-refractivity contribution in [3.8, 4) is 0 Å². The van der Waals surface area contributed by atoms with Crippen molar-refractivity contribution in [2.45, 2.75) is 33.1 Å². The maximum absolute atomic E-state index is 12.2. The van der Waals surface area contributed by atoms with Gasteiger partial charge in [0.1, 0.15) is 0 Å². The van der Waals surface area contributed by atoms with Crippen LogP contribution in [0.4, 0.5) is 0 Å². The number of rotatable bonds is 3. The molecule has 1 N–H and O–H groups in total. The number of pyridine rings is 1. The molecule has 0 unspecified atom stereocenters. The number of esters is 1. The number of aromatic nitrogens is 2. The summed E-state index contributed by atoms with van der Waals surface area (Å²) in [5, 5.41) is 2.00. The monoisotopic (exact) mass is 348 g/mol. The van der Waals surface area contributed by atoms with E-state index in [9.17, 15) is 9.59 Å². The number of aryl methyl sites for hydroxylation is 1. The van der Waals surface area contributed by atoms with Crippen LogP contribution in [0.2, 0.25) is 0 Å². The second-order valence-corrected chi connectivity index (χ2v) is 6.62. The van der Waals surface area contributed by atoms with Gasteiger partial charge in [-0.2, -0.15) is 0 Å². The molecule has 0 amide bonds. The van der Waals surface area contributed by atoms with Crippen molar-refractivity contribution in [3.05, 3.63) is 47.3 Å². The summed E-state index contributed by atoms with van der Waals surface area (Å²) < 4.78 is 5.12. The van der Waals surface area contributed by atoms with Gasteiger partial charge in [0.25, 0.3) is 0 Å². The Kier molecular flexibility index (Phi) is 4.07. The summed E-state index contributed by atoms with van der Waals surface area (Å²) in [5.74, 6) is -0.215. The van der Waals surface area contributed by atoms with Crippen molar-refractivity contribution in [3.63, 3.8) is 0 Å². The van der Waals surface area contributed by atoms with Gasteiger partial charge in [-0.1, -0.05) is 6.07 Å². The Labute approximate surface area is 151 Å². The summed E-state index contributed by atoms with van der Waals surface area (Å²) >= 11 is 0. The lowest BCUT2D eigenvalue weighted by molar-refractivity contribution is -0.114. The molecule has 0 saturated heterocycles. The highest BCUT2D eigenvalue weighted by atomic mass is 16.5. The zero-order chi connectivity index (χ0) is 18.3. The topological polar surface area (TPSA) is 72.0 Å². The van der Waals surface area contributed by atoms with Crippen molar-refractivity contribution in [1.82, 2.24) is 9.97 Å². The molecule has 0 radical (unpaired) electrons. The standard InChI is InChI=1S/C21H20N2O3/c1-3-26-21(25)20-12(2)19-16-10-14(13-5-4-6-15(24)9-13)7-8-17(16)23-18(19)11-22-20/h7-11,23H,3-6H2,1-2H3. The largest absolute Gasteiger partial charge is 0.461 e. The third kappa shape index (κ3) is 2.69. The lowest BCUT2D eigenvalue weighted by Gasteiger charge is -2.12. The fraction of sp³-hybridized carbons (Fsp3) is 0.286. The maximum Gasteiger partial charge on any atom is 0.357 e. The number of hydrogen-bond donors (Lipinski definition) is 1. The van der Waals surface area contributed by atoms with Crippen molar-refractivity contribution in [1.29, 1.82) is 0 Å². The van der Waals surface area contributed by atoms with Crippen molar-refractivity contribution < 1.29 is 14.3 Å². The first kappa shape index (κ1) is 16.5. The first-order chi connectivity index (χ1) is 12.6. The van der Waals surface area contributed by atoms with E-state index in [1.807, 2.05) is 19.1 Å². The van der Waals surface area contributed by atoms with Gasteiger partial charge in [0.2, 0.25) is 0 Å². The number of nitrogens with zero attached hydrogens (tertiary/aromatic N) is 1. The molecular formula is C21H20N2O3. The molecule has 1 aliphatic carbocycles. The van der Waals surface area contributed by atoms with E-state index in [0.717, 1.165) is 51.3 Å². The molecule has 2 heterocycles. The maximum atomic E-state index is 12.2. The van der Waals surface area contributed by atoms with Gasteiger partial charge in [-0.05, 0) is 61.6 Å². The van der Waals surface area contributed by atoms with E-state index < -0.39 is 5.97 Å². The van der Waals surface area contributed by atoms with Crippen molar-refractivity contribution in [2.24, 2.45) is 0 Å². The minimum Gasteiger partial charge on any atom is -0.461 e. The van der Waals surface area contributed by atoms with Gasteiger partial charge in [0.05, 0.1) is 18.3 Å². The number of nitrogens with one attached hydrogen (secondary N) is 1. The van der Waals surface area contributed by atoms with Crippen LogP contribution in [0, 0.1) is 6.92 Å². The molecule has 132 valence electrons. The van der Waals surface area contributed by atoms with Gasteiger partial charge in [0, 0.05) is 22.7 Å². The molecule has 5 nitrogen and oxygen atoms in total. The van der Waals surface area contributed by atoms with Crippen LogP contribution in [-0.4, -0.2) is 28.3 Å². The predicted octanol–water partition coefficient (Wildman–Crippen LogP) is 4.34. The van der Waals surface area contributed by atoms with Crippen LogP contribution < -0.4 is 0 Å². The number of aromatic amines is 1. The normalized spacial score (nSPS) is 14.7. The minimum absolute atomic E-state index is 0.190. The second-order valence-electron chi connectivity index (χ2n) is 6.62. The van der Waals surface area contributed by atoms with Crippen LogP contribution in [0.25, 0.3) is 27.4 Å². The Balaban J connectivity index is 1.91. The lowest BCUT2D eigenvalue weighted by atomic mass is 9.92. The van der Waals surface area contributed by atoms with Crippen LogP contribution in [0.3, 0.4) is 0 Å². The molecule has 0 bridgehead atoms. The number of allylic oxidation sites excluding steroid dienone is 2. The van der Waals surface area contributed by atoms with Gasteiger partial charge >= 0.3 is 5.97 Å². The van der Waals surface area contributed by atoms with Gasteiger partial charge in [-0.15, -0.1) is 0 Å². The van der Waals surface area contributed by atoms with Crippen LogP contribution >= 0.6 is 0 Å². The number of H-pyrrole nitrogens is 1. The fourth-order valence-electron chi connectivity index (χ4n) is 3.68. The Morgan fingerprint density at radius 1 is 1.27 bits per heavy atom.